The van der Waals surface area contributed by atoms with Gasteiger partial charge in [0.1, 0.15) is 0 Å². The lowest BCUT2D eigenvalue weighted by molar-refractivity contribution is 1.83. The quantitative estimate of drug-likeness (QED) is 0.406. The van der Waals surface area contributed by atoms with Gasteiger partial charge in [0.05, 0.1) is 0 Å². The first-order chi connectivity index (χ1) is 4.33. The van der Waals surface area contributed by atoms with Crippen molar-refractivity contribution in [2.75, 3.05) is 5.83 Å². The van der Waals surface area contributed by atoms with Gasteiger partial charge in [-0.25, -0.2) is 0 Å². The molecule has 0 N–H and O–H groups in total. The van der Waals surface area contributed by atoms with E-state index < -0.39 is 0 Å². The Bertz CT molecular complexity index is 92.0. The smallest absolute Gasteiger partial charge is 0.00271 e. The summed E-state index contributed by atoms with van der Waals surface area (Å²) in [5.74, 6) is 9.42. The molecule has 0 spiro atoms. The second kappa shape index (κ2) is 49.0. The van der Waals surface area contributed by atoms with Crippen LogP contribution in [0.15, 0.2) is 0 Å². The van der Waals surface area contributed by atoms with Gasteiger partial charge in [-0.3, -0.25) is 0 Å². The number of alkyl halides is 1. The lowest BCUT2D eigenvalue weighted by atomic mass is 10.7. The fraction of sp³-hybridized carbons (Fsp3) is 0.500. The lowest BCUT2D eigenvalue weighted by Gasteiger charge is -1.40. The Hall–Kier alpha value is -0.400. The van der Waals surface area contributed by atoms with Gasteiger partial charge in [0.2, 0.25) is 0 Å². The molecular formula is C8H13Br. The first-order valence-electron chi connectivity index (χ1n) is 2.42. The molecule has 0 radical (unpaired) electrons. The van der Waals surface area contributed by atoms with Gasteiger partial charge in [-0.15, -0.1) is 24.2 Å². The van der Waals surface area contributed by atoms with Gasteiger partial charge in [0, 0.05) is 0 Å². The lowest BCUT2D eigenvalue weighted by Crippen LogP contribution is -1.28. The van der Waals surface area contributed by atoms with Crippen molar-refractivity contribution in [3.63, 3.8) is 0 Å². The normalized spacial score (nSPS) is 3.11. The summed E-state index contributed by atoms with van der Waals surface area (Å²) in [5.41, 5.74) is 0. The average Bonchev–Trinajstić information content (AvgIpc) is 1.94. The Balaban J connectivity index is -0.0000000646. The Morgan fingerprint density at radius 2 is 1.11 bits per heavy atom. The maximum Gasteiger partial charge on any atom is -0.00271 e. The van der Waals surface area contributed by atoms with Gasteiger partial charge in [-0.1, -0.05) is 15.9 Å². The van der Waals surface area contributed by atoms with E-state index >= 15 is 0 Å². The van der Waals surface area contributed by atoms with E-state index in [1.54, 1.807) is 6.92 Å². The Kier molecular flexibility index (Phi) is 86.2. The SMILES string of the molecule is C#CC.CBr.CC#CC. The molecule has 0 atom stereocenters. The van der Waals surface area contributed by atoms with Crippen LogP contribution in [0.1, 0.15) is 20.8 Å². The molecule has 0 aliphatic rings. The molecule has 0 rings (SSSR count). The summed E-state index contributed by atoms with van der Waals surface area (Å²) in [6, 6.07) is 0. The van der Waals surface area contributed by atoms with Gasteiger partial charge in [-0.05, 0) is 26.6 Å². The number of terminal acetylenes is 1. The molecule has 9 heavy (non-hydrogen) atoms. The van der Waals surface area contributed by atoms with Crippen LogP contribution in [-0.2, 0) is 0 Å². The minimum atomic E-state index is 1.65. The predicted molar refractivity (Wildman–Crippen MR) is 48.5 cm³/mol. The van der Waals surface area contributed by atoms with Gasteiger partial charge >= 0.3 is 0 Å². The van der Waals surface area contributed by atoms with Crippen molar-refractivity contribution in [1.82, 2.24) is 0 Å². The zero-order valence-electron chi connectivity index (χ0n) is 6.46. The van der Waals surface area contributed by atoms with Crippen LogP contribution >= 0.6 is 15.9 Å². The van der Waals surface area contributed by atoms with Crippen LogP contribution in [0, 0.1) is 24.2 Å². The van der Waals surface area contributed by atoms with Crippen LogP contribution in [0.3, 0.4) is 0 Å². The molecule has 0 bridgehead atoms. The van der Waals surface area contributed by atoms with Crippen molar-refractivity contribution in [2.24, 2.45) is 0 Å². The first-order valence-corrected chi connectivity index (χ1v) is 4.00. The summed E-state index contributed by atoms with van der Waals surface area (Å²) < 4.78 is 0. The fourth-order valence-electron chi connectivity index (χ4n) is 0. The van der Waals surface area contributed by atoms with E-state index in [-0.39, 0.29) is 0 Å². The summed E-state index contributed by atoms with van der Waals surface area (Å²) in [6.45, 7) is 5.29. The van der Waals surface area contributed by atoms with Gasteiger partial charge in [0.25, 0.3) is 0 Å². The summed E-state index contributed by atoms with van der Waals surface area (Å²) in [5, 5.41) is 0. The highest BCUT2D eigenvalue weighted by Crippen LogP contribution is 1.45. The summed E-state index contributed by atoms with van der Waals surface area (Å²) in [4.78, 5) is 0. The molecule has 0 amide bonds. The Morgan fingerprint density at radius 1 is 1.00 bits per heavy atom. The number of hydrogen-bond acceptors (Lipinski definition) is 0. The first kappa shape index (κ1) is 15.8. The molecule has 0 saturated heterocycles. The predicted octanol–water partition coefficient (Wildman–Crippen LogP) is 2.68. The second-order valence-electron chi connectivity index (χ2n) is 0.789. The molecule has 0 aliphatic carbocycles. The van der Waals surface area contributed by atoms with Crippen LogP contribution in [0.2, 0.25) is 0 Å². The second-order valence-corrected chi connectivity index (χ2v) is 0.789. The highest BCUT2D eigenvalue weighted by molar-refractivity contribution is 9.08. The van der Waals surface area contributed by atoms with Crippen LogP contribution in [-0.4, -0.2) is 5.83 Å². The largest absolute Gasteiger partial charge is 0.120 e. The van der Waals surface area contributed by atoms with E-state index in [1.165, 1.54) is 0 Å². The fourth-order valence-corrected chi connectivity index (χ4v) is 0. The van der Waals surface area contributed by atoms with E-state index in [4.69, 9.17) is 0 Å². The molecule has 0 aliphatic heterocycles. The Morgan fingerprint density at radius 3 is 1.11 bits per heavy atom. The van der Waals surface area contributed by atoms with Crippen LogP contribution in [0.25, 0.3) is 0 Å². The maximum atomic E-state index is 4.60. The van der Waals surface area contributed by atoms with E-state index in [9.17, 15) is 0 Å². The van der Waals surface area contributed by atoms with E-state index in [1.807, 2.05) is 19.7 Å². The maximum absolute atomic E-state index is 4.60. The minimum absolute atomic E-state index is 1.65. The monoisotopic (exact) mass is 188 g/mol. The zero-order chi connectivity index (χ0) is 8.12. The third kappa shape index (κ3) is 662. The van der Waals surface area contributed by atoms with Crippen molar-refractivity contribution in [2.45, 2.75) is 20.8 Å². The van der Waals surface area contributed by atoms with Gasteiger partial charge < -0.3 is 0 Å². The van der Waals surface area contributed by atoms with E-state index in [0.29, 0.717) is 0 Å². The zero-order valence-corrected chi connectivity index (χ0v) is 8.04. The summed E-state index contributed by atoms with van der Waals surface area (Å²) in [6.07, 6.45) is 4.60. The molecule has 0 nitrogen and oxygen atoms in total. The molecule has 0 aromatic heterocycles. The van der Waals surface area contributed by atoms with Gasteiger partial charge in [-0.2, -0.15) is 0 Å². The molecule has 0 heterocycles. The van der Waals surface area contributed by atoms with Crippen LogP contribution in [0.4, 0.5) is 0 Å². The average molecular weight is 189 g/mol. The molecule has 0 aromatic carbocycles. The third-order valence-corrected chi connectivity index (χ3v) is 0.250. The third-order valence-electron chi connectivity index (χ3n) is 0.250. The molecule has 1 heteroatoms. The van der Waals surface area contributed by atoms with E-state index in [0.717, 1.165) is 0 Å². The number of rotatable bonds is 0. The molecule has 0 saturated carbocycles. The van der Waals surface area contributed by atoms with E-state index in [2.05, 4.69) is 40.1 Å². The van der Waals surface area contributed by atoms with Gasteiger partial charge in [0.15, 0.2) is 0 Å². The topological polar surface area (TPSA) is 0 Å². The standard InChI is InChI=1S/C4H6.C3H4.CH3Br/c1-3-4-2;1-3-2;1-2/h1-2H3;1H,2H3;1H3. The van der Waals surface area contributed by atoms with Crippen molar-refractivity contribution >= 4 is 15.9 Å². The van der Waals surface area contributed by atoms with Crippen molar-refractivity contribution in [3.8, 4) is 24.2 Å². The van der Waals surface area contributed by atoms with Crippen LogP contribution < -0.4 is 0 Å². The summed E-state index contributed by atoms with van der Waals surface area (Å²) >= 11 is 2.94. The summed E-state index contributed by atoms with van der Waals surface area (Å²) in [7, 11) is 0. The number of halogens is 1. The molecular weight excluding hydrogens is 176 g/mol. The van der Waals surface area contributed by atoms with Crippen molar-refractivity contribution in [3.05, 3.63) is 0 Å². The highest BCUT2D eigenvalue weighted by Gasteiger charge is 1.26. The Labute approximate surface area is 67.2 Å². The molecule has 0 unspecified atom stereocenters. The number of hydrogen-bond donors (Lipinski definition) is 0. The van der Waals surface area contributed by atoms with Crippen LogP contribution in [0.5, 0.6) is 0 Å². The van der Waals surface area contributed by atoms with Crippen molar-refractivity contribution in [1.29, 1.82) is 0 Å². The highest BCUT2D eigenvalue weighted by atomic mass is 79.9. The molecule has 0 aromatic rings. The molecule has 0 fully saturated rings. The minimum Gasteiger partial charge on any atom is -0.120 e. The van der Waals surface area contributed by atoms with Crippen molar-refractivity contribution < 1.29 is 0 Å². The molecule has 52 valence electrons.